The Bertz CT molecular complexity index is 507. The summed E-state index contributed by atoms with van der Waals surface area (Å²) in [6.07, 6.45) is 3.24. The first-order valence-corrected chi connectivity index (χ1v) is 5.68. The summed E-state index contributed by atoms with van der Waals surface area (Å²) in [5.74, 6) is -0.423. The monoisotopic (exact) mass is 297 g/mol. The van der Waals surface area contributed by atoms with Crippen molar-refractivity contribution in [3.63, 3.8) is 0 Å². The van der Waals surface area contributed by atoms with Gasteiger partial charge in [0.05, 0.1) is 12.1 Å². The number of aromatic amines is 1. The molecule has 0 spiro atoms. The minimum atomic E-state index is -0.559. The first-order chi connectivity index (χ1) is 8.18. The van der Waals surface area contributed by atoms with E-state index < -0.39 is 11.7 Å². The first kappa shape index (κ1) is 11.8. The molecule has 0 bridgehead atoms. The van der Waals surface area contributed by atoms with E-state index in [0.717, 1.165) is 0 Å². The van der Waals surface area contributed by atoms with Crippen LogP contribution in [0, 0.1) is 5.82 Å². The van der Waals surface area contributed by atoms with Gasteiger partial charge >= 0.3 is 0 Å². The third kappa shape index (κ3) is 2.71. The van der Waals surface area contributed by atoms with Gasteiger partial charge in [0.15, 0.2) is 0 Å². The molecule has 0 radical (unpaired) electrons. The van der Waals surface area contributed by atoms with Crippen molar-refractivity contribution >= 4 is 21.8 Å². The molecule has 4 nitrogen and oxygen atoms in total. The molecule has 0 aliphatic heterocycles. The van der Waals surface area contributed by atoms with Crippen molar-refractivity contribution in [2.24, 2.45) is 0 Å². The SMILES string of the molecule is O=C(NCc1ncc[nH]1)c1c(F)cccc1Br. The molecule has 1 aromatic heterocycles. The number of nitrogens with zero attached hydrogens (tertiary/aromatic N) is 1. The fraction of sp³-hybridized carbons (Fsp3) is 0.0909. The van der Waals surface area contributed by atoms with Crippen molar-refractivity contribution in [3.05, 3.63) is 52.3 Å². The van der Waals surface area contributed by atoms with Crippen LogP contribution >= 0.6 is 15.9 Å². The molecule has 0 fully saturated rings. The maximum absolute atomic E-state index is 13.5. The molecule has 1 amide bonds. The van der Waals surface area contributed by atoms with E-state index in [1.807, 2.05) is 0 Å². The molecule has 17 heavy (non-hydrogen) atoms. The third-order valence-corrected chi connectivity index (χ3v) is 2.82. The van der Waals surface area contributed by atoms with Gasteiger partial charge in [-0.25, -0.2) is 9.37 Å². The molecule has 2 aromatic rings. The molecule has 0 saturated heterocycles. The van der Waals surface area contributed by atoms with E-state index in [9.17, 15) is 9.18 Å². The first-order valence-electron chi connectivity index (χ1n) is 4.89. The molecule has 2 rings (SSSR count). The maximum atomic E-state index is 13.5. The quantitative estimate of drug-likeness (QED) is 0.913. The van der Waals surface area contributed by atoms with E-state index in [2.05, 4.69) is 31.2 Å². The molecule has 0 unspecified atom stereocenters. The zero-order chi connectivity index (χ0) is 12.3. The van der Waals surface area contributed by atoms with E-state index in [-0.39, 0.29) is 12.1 Å². The Morgan fingerprint density at radius 3 is 3.00 bits per heavy atom. The molecule has 2 N–H and O–H groups in total. The Balaban J connectivity index is 2.10. The number of amides is 1. The summed E-state index contributed by atoms with van der Waals surface area (Å²) in [7, 11) is 0. The van der Waals surface area contributed by atoms with Crippen molar-refractivity contribution in [1.82, 2.24) is 15.3 Å². The number of hydrogen-bond donors (Lipinski definition) is 2. The van der Waals surface area contributed by atoms with Crippen LogP contribution in [-0.2, 0) is 6.54 Å². The predicted molar refractivity (Wildman–Crippen MR) is 63.9 cm³/mol. The second-order valence-electron chi connectivity index (χ2n) is 3.32. The van der Waals surface area contributed by atoms with E-state index >= 15 is 0 Å². The standard InChI is InChI=1S/C11H9BrFN3O/c12-7-2-1-3-8(13)10(7)11(17)16-6-9-14-4-5-15-9/h1-5H,6H2,(H,14,15)(H,16,17). The second-order valence-corrected chi connectivity index (χ2v) is 4.17. The molecule has 0 aliphatic carbocycles. The molecule has 6 heteroatoms. The van der Waals surface area contributed by atoms with E-state index in [1.54, 1.807) is 18.5 Å². The molecular weight excluding hydrogens is 289 g/mol. The molecule has 0 aliphatic rings. The zero-order valence-corrected chi connectivity index (χ0v) is 10.3. The fourth-order valence-electron chi connectivity index (χ4n) is 1.36. The van der Waals surface area contributed by atoms with Gasteiger partial charge in [-0.05, 0) is 28.1 Å². The largest absolute Gasteiger partial charge is 0.347 e. The van der Waals surface area contributed by atoms with Gasteiger partial charge in [-0.3, -0.25) is 4.79 Å². The van der Waals surface area contributed by atoms with Crippen molar-refractivity contribution < 1.29 is 9.18 Å². The number of carbonyl (C=O) groups excluding carboxylic acids is 1. The lowest BCUT2D eigenvalue weighted by molar-refractivity contribution is 0.0945. The molecule has 0 atom stereocenters. The number of aromatic nitrogens is 2. The van der Waals surface area contributed by atoms with Gasteiger partial charge in [0.2, 0.25) is 0 Å². The Morgan fingerprint density at radius 2 is 2.35 bits per heavy atom. The summed E-state index contributed by atoms with van der Waals surface area (Å²) in [6.45, 7) is 0.229. The average molecular weight is 298 g/mol. The van der Waals surface area contributed by atoms with Crippen LogP contribution in [-0.4, -0.2) is 15.9 Å². The van der Waals surface area contributed by atoms with Gasteiger partial charge in [0.1, 0.15) is 11.6 Å². The van der Waals surface area contributed by atoms with Crippen LogP contribution < -0.4 is 5.32 Å². The van der Waals surface area contributed by atoms with Crippen LogP contribution in [0.25, 0.3) is 0 Å². The summed E-state index contributed by atoms with van der Waals surface area (Å²) < 4.78 is 13.9. The lowest BCUT2D eigenvalue weighted by Crippen LogP contribution is -2.24. The van der Waals surface area contributed by atoms with E-state index in [1.165, 1.54) is 12.1 Å². The number of rotatable bonds is 3. The van der Waals surface area contributed by atoms with E-state index in [4.69, 9.17) is 0 Å². The summed E-state index contributed by atoms with van der Waals surface area (Å²) in [4.78, 5) is 18.6. The zero-order valence-electron chi connectivity index (χ0n) is 8.71. The topological polar surface area (TPSA) is 57.8 Å². The molecule has 88 valence electrons. The Morgan fingerprint density at radius 1 is 1.53 bits per heavy atom. The molecular formula is C11H9BrFN3O. The number of halogens is 2. The Labute approximate surface area is 105 Å². The molecule has 1 aromatic carbocycles. The lowest BCUT2D eigenvalue weighted by atomic mass is 10.2. The lowest BCUT2D eigenvalue weighted by Gasteiger charge is -2.06. The van der Waals surface area contributed by atoms with Crippen molar-refractivity contribution in [1.29, 1.82) is 0 Å². The summed E-state index contributed by atoms with van der Waals surface area (Å²) >= 11 is 3.14. The number of hydrogen-bond acceptors (Lipinski definition) is 2. The highest BCUT2D eigenvalue weighted by Gasteiger charge is 2.14. The molecule has 1 heterocycles. The Hall–Kier alpha value is -1.69. The minimum Gasteiger partial charge on any atom is -0.347 e. The van der Waals surface area contributed by atoms with Gasteiger partial charge in [-0.1, -0.05) is 6.07 Å². The number of H-pyrrole nitrogens is 1. The predicted octanol–water partition coefficient (Wildman–Crippen LogP) is 2.24. The molecule has 0 saturated carbocycles. The Kier molecular flexibility index (Phi) is 3.53. The van der Waals surface area contributed by atoms with E-state index in [0.29, 0.717) is 10.3 Å². The average Bonchev–Trinajstić information content (AvgIpc) is 2.79. The number of carbonyl (C=O) groups is 1. The third-order valence-electron chi connectivity index (χ3n) is 2.16. The van der Waals surface area contributed by atoms with Crippen LogP contribution in [0.1, 0.15) is 16.2 Å². The fourth-order valence-corrected chi connectivity index (χ4v) is 1.88. The van der Waals surface area contributed by atoms with Crippen LogP contribution in [0.2, 0.25) is 0 Å². The number of imidazole rings is 1. The highest BCUT2D eigenvalue weighted by molar-refractivity contribution is 9.10. The number of nitrogens with one attached hydrogen (secondary N) is 2. The van der Waals surface area contributed by atoms with Crippen LogP contribution in [0.5, 0.6) is 0 Å². The highest BCUT2D eigenvalue weighted by Crippen LogP contribution is 2.19. The summed E-state index contributed by atoms with van der Waals surface area (Å²) in [5.41, 5.74) is -0.000874. The van der Waals surface area contributed by atoms with Gasteiger partial charge in [0, 0.05) is 16.9 Å². The van der Waals surface area contributed by atoms with Crippen molar-refractivity contribution in [3.8, 4) is 0 Å². The number of benzene rings is 1. The summed E-state index contributed by atoms with van der Waals surface area (Å²) in [5, 5.41) is 2.58. The summed E-state index contributed by atoms with van der Waals surface area (Å²) in [6, 6.07) is 4.39. The van der Waals surface area contributed by atoms with Crippen LogP contribution in [0.4, 0.5) is 4.39 Å². The second kappa shape index (κ2) is 5.09. The van der Waals surface area contributed by atoms with Gasteiger partial charge in [-0.15, -0.1) is 0 Å². The van der Waals surface area contributed by atoms with Crippen molar-refractivity contribution in [2.75, 3.05) is 0 Å². The van der Waals surface area contributed by atoms with Gasteiger partial charge in [-0.2, -0.15) is 0 Å². The maximum Gasteiger partial charge on any atom is 0.255 e. The van der Waals surface area contributed by atoms with Crippen LogP contribution in [0.3, 0.4) is 0 Å². The minimum absolute atomic E-state index is 0.000874. The van der Waals surface area contributed by atoms with Gasteiger partial charge < -0.3 is 10.3 Å². The smallest absolute Gasteiger partial charge is 0.255 e. The normalized spacial score (nSPS) is 10.2. The van der Waals surface area contributed by atoms with Crippen LogP contribution in [0.15, 0.2) is 35.1 Å². The van der Waals surface area contributed by atoms with Gasteiger partial charge in [0.25, 0.3) is 5.91 Å². The van der Waals surface area contributed by atoms with Crippen molar-refractivity contribution in [2.45, 2.75) is 6.54 Å². The highest BCUT2D eigenvalue weighted by atomic mass is 79.9.